The Morgan fingerprint density at radius 3 is 2.40 bits per heavy atom. The predicted octanol–water partition coefficient (Wildman–Crippen LogP) is 2.68. The molecule has 1 aliphatic rings. The topological polar surface area (TPSA) is 79.4 Å². The van der Waals surface area contributed by atoms with E-state index in [2.05, 4.69) is 30.5 Å². The molecule has 0 spiro atoms. The van der Waals surface area contributed by atoms with Crippen molar-refractivity contribution in [3.63, 3.8) is 0 Å². The van der Waals surface area contributed by atoms with Crippen LogP contribution in [0, 0.1) is 6.92 Å². The zero-order chi connectivity index (χ0) is 18.8. The molecule has 25 heavy (non-hydrogen) atoms. The van der Waals surface area contributed by atoms with Crippen molar-refractivity contribution in [1.29, 1.82) is 0 Å². The van der Waals surface area contributed by atoms with Crippen molar-refractivity contribution < 1.29 is 13.2 Å². The van der Waals surface area contributed by atoms with Gasteiger partial charge < -0.3 is 4.90 Å². The molecule has 0 saturated carbocycles. The number of likely N-dealkylation sites (tertiary alicyclic amines) is 1. The number of aromatic nitrogens is 1. The molecule has 1 saturated heterocycles. The average molecular weight is 388 g/mol. The highest BCUT2D eigenvalue weighted by atomic mass is 32.2. The number of nitrogens with zero attached hydrogens (tertiary/aromatic N) is 2. The highest BCUT2D eigenvalue weighted by Crippen LogP contribution is 2.30. The first-order valence-electron chi connectivity index (χ1n) is 8.80. The van der Waals surface area contributed by atoms with Gasteiger partial charge in [0.2, 0.25) is 10.0 Å². The van der Waals surface area contributed by atoms with E-state index in [0.717, 1.165) is 10.7 Å². The summed E-state index contributed by atoms with van der Waals surface area (Å²) in [6, 6.07) is -0.0757. The van der Waals surface area contributed by atoms with E-state index < -0.39 is 10.0 Å². The smallest absolute Gasteiger partial charge is 0.265 e. The number of sulfonamides is 1. The molecule has 0 bridgehead atoms. The minimum absolute atomic E-state index is 0.0142. The van der Waals surface area contributed by atoms with Crippen LogP contribution in [0.2, 0.25) is 0 Å². The number of carbonyl (C=O) groups is 1. The van der Waals surface area contributed by atoms with Crippen LogP contribution >= 0.6 is 11.3 Å². The van der Waals surface area contributed by atoms with Crippen LogP contribution in [0.3, 0.4) is 0 Å². The summed E-state index contributed by atoms with van der Waals surface area (Å²) in [5, 5.41) is 0.968. The van der Waals surface area contributed by atoms with Gasteiger partial charge in [0.15, 0.2) is 0 Å². The summed E-state index contributed by atoms with van der Waals surface area (Å²) in [4.78, 5) is 19.9. The third kappa shape index (κ3) is 5.24. The Labute approximate surface area is 155 Å². The van der Waals surface area contributed by atoms with Gasteiger partial charge in [0.1, 0.15) is 4.88 Å². The number of carbonyl (C=O) groups excluding carboxylic acids is 1. The van der Waals surface area contributed by atoms with E-state index in [1.165, 1.54) is 11.3 Å². The minimum Gasteiger partial charge on any atom is -0.338 e. The molecule has 0 radical (unpaired) electrons. The molecule has 1 aliphatic heterocycles. The van der Waals surface area contributed by atoms with Crippen molar-refractivity contribution in [2.24, 2.45) is 0 Å². The Morgan fingerprint density at radius 2 is 1.92 bits per heavy atom. The van der Waals surface area contributed by atoms with Crippen molar-refractivity contribution in [3.8, 4) is 0 Å². The lowest BCUT2D eigenvalue weighted by atomic mass is 9.98. The van der Waals surface area contributed by atoms with Crippen LogP contribution < -0.4 is 4.72 Å². The van der Waals surface area contributed by atoms with Crippen molar-refractivity contribution in [2.75, 3.05) is 18.8 Å². The van der Waals surface area contributed by atoms with Gasteiger partial charge in [-0.25, -0.2) is 18.1 Å². The normalized spacial score (nSPS) is 17.1. The maximum Gasteiger partial charge on any atom is 0.265 e. The Kier molecular flexibility index (Phi) is 6.27. The quantitative estimate of drug-likeness (QED) is 0.842. The highest BCUT2D eigenvalue weighted by Gasteiger charge is 2.29. The first-order valence-corrected chi connectivity index (χ1v) is 11.3. The third-order valence-electron chi connectivity index (χ3n) is 4.23. The maximum atomic E-state index is 12.8. The van der Waals surface area contributed by atoms with Gasteiger partial charge in [-0.1, -0.05) is 27.7 Å². The molecule has 1 aromatic heterocycles. The molecule has 1 amide bonds. The van der Waals surface area contributed by atoms with Crippen LogP contribution in [0.25, 0.3) is 0 Å². The average Bonchev–Trinajstić information content (AvgIpc) is 2.89. The second-order valence-corrected chi connectivity index (χ2v) is 10.6. The zero-order valence-electron chi connectivity index (χ0n) is 15.8. The minimum atomic E-state index is -3.20. The fraction of sp³-hybridized carbons (Fsp3) is 0.765. The molecule has 1 N–H and O–H groups in total. The molecule has 1 fully saturated rings. The van der Waals surface area contributed by atoms with Crippen molar-refractivity contribution in [1.82, 2.24) is 14.6 Å². The Hall–Kier alpha value is -0.990. The summed E-state index contributed by atoms with van der Waals surface area (Å²) in [7, 11) is -3.20. The van der Waals surface area contributed by atoms with Crippen LogP contribution in [-0.4, -0.2) is 49.1 Å². The number of nitrogens with one attached hydrogen (secondary N) is 1. The lowest BCUT2D eigenvalue weighted by molar-refractivity contribution is 0.0715. The van der Waals surface area contributed by atoms with E-state index in [1.54, 1.807) is 0 Å². The van der Waals surface area contributed by atoms with E-state index in [4.69, 9.17) is 0 Å². The lowest BCUT2D eigenvalue weighted by Gasteiger charge is -2.32. The number of aryl methyl sites for hydroxylation is 1. The van der Waals surface area contributed by atoms with Crippen molar-refractivity contribution in [3.05, 3.63) is 15.6 Å². The van der Waals surface area contributed by atoms with Gasteiger partial charge in [-0.05, 0) is 26.2 Å². The van der Waals surface area contributed by atoms with Gasteiger partial charge in [-0.2, -0.15) is 0 Å². The van der Waals surface area contributed by atoms with Gasteiger partial charge in [0.05, 0.1) is 16.5 Å². The van der Waals surface area contributed by atoms with Gasteiger partial charge in [-0.15, -0.1) is 11.3 Å². The molecule has 2 rings (SSSR count). The summed E-state index contributed by atoms with van der Waals surface area (Å²) >= 11 is 1.47. The summed E-state index contributed by atoms with van der Waals surface area (Å²) in [5.41, 5.74) is 0.712. The molecule has 8 heteroatoms. The number of rotatable bonds is 5. The van der Waals surface area contributed by atoms with Gasteiger partial charge in [0, 0.05) is 24.5 Å². The monoisotopic (exact) mass is 387 g/mol. The van der Waals surface area contributed by atoms with E-state index in [0.29, 0.717) is 37.2 Å². The molecule has 2 heterocycles. The summed E-state index contributed by atoms with van der Waals surface area (Å²) < 4.78 is 26.5. The second kappa shape index (κ2) is 7.72. The zero-order valence-corrected chi connectivity index (χ0v) is 17.4. The first-order chi connectivity index (χ1) is 11.5. The number of hydrogen-bond acceptors (Lipinski definition) is 5. The number of piperidine rings is 1. The SMILES string of the molecule is CCCS(=O)(=O)NC1CCN(C(=O)c2sc(C(C)(C)C)nc2C)CC1. The third-order valence-corrected chi connectivity index (χ3v) is 7.44. The standard InChI is InChI=1S/C17H29N3O3S2/c1-6-11-25(22,23)19-13-7-9-20(10-8-13)15(21)14-12(2)18-16(24-14)17(3,4)5/h13,19H,6-11H2,1-5H3. The van der Waals surface area contributed by atoms with E-state index in [1.807, 2.05) is 18.7 Å². The summed E-state index contributed by atoms with van der Waals surface area (Å²) in [6.07, 6.45) is 1.91. The molecule has 1 aromatic rings. The largest absolute Gasteiger partial charge is 0.338 e. The molecule has 0 aliphatic carbocycles. The first kappa shape index (κ1) is 20.3. The molecule has 142 valence electrons. The van der Waals surface area contributed by atoms with Gasteiger partial charge >= 0.3 is 0 Å². The summed E-state index contributed by atoms with van der Waals surface area (Å²) in [5.74, 6) is 0.169. The second-order valence-electron chi connectivity index (χ2n) is 7.69. The molecule has 0 aromatic carbocycles. The highest BCUT2D eigenvalue weighted by molar-refractivity contribution is 7.89. The van der Waals surface area contributed by atoms with E-state index >= 15 is 0 Å². The molecule has 0 atom stereocenters. The predicted molar refractivity (Wildman–Crippen MR) is 102 cm³/mol. The van der Waals surface area contributed by atoms with Crippen LogP contribution in [0.5, 0.6) is 0 Å². The molecular weight excluding hydrogens is 358 g/mol. The fourth-order valence-corrected chi connectivity index (χ4v) is 5.33. The van der Waals surface area contributed by atoms with E-state index in [-0.39, 0.29) is 23.1 Å². The van der Waals surface area contributed by atoms with Crippen LogP contribution in [-0.2, 0) is 15.4 Å². The number of thiazole rings is 1. The summed E-state index contributed by atoms with van der Waals surface area (Å²) in [6.45, 7) is 11.1. The van der Waals surface area contributed by atoms with Crippen LogP contribution in [0.15, 0.2) is 0 Å². The van der Waals surface area contributed by atoms with Crippen LogP contribution in [0.4, 0.5) is 0 Å². The van der Waals surface area contributed by atoms with Gasteiger partial charge in [-0.3, -0.25) is 4.79 Å². The maximum absolute atomic E-state index is 12.8. The molecule has 6 nitrogen and oxygen atoms in total. The number of hydrogen-bond donors (Lipinski definition) is 1. The molecule has 0 unspecified atom stereocenters. The van der Waals surface area contributed by atoms with Crippen molar-refractivity contribution in [2.45, 2.75) is 65.3 Å². The fourth-order valence-electron chi connectivity index (χ4n) is 2.84. The van der Waals surface area contributed by atoms with Crippen LogP contribution in [0.1, 0.15) is 67.3 Å². The number of amides is 1. The van der Waals surface area contributed by atoms with Crippen molar-refractivity contribution >= 4 is 27.3 Å². The lowest BCUT2D eigenvalue weighted by Crippen LogP contribution is -2.46. The Bertz CT molecular complexity index is 712. The van der Waals surface area contributed by atoms with E-state index in [9.17, 15) is 13.2 Å². The Balaban J connectivity index is 1.99. The Morgan fingerprint density at radius 1 is 1.32 bits per heavy atom. The molecular formula is C17H29N3O3S2. The van der Waals surface area contributed by atoms with Gasteiger partial charge in [0.25, 0.3) is 5.91 Å².